The first-order valence-electron chi connectivity index (χ1n) is 5.13. The van der Waals surface area contributed by atoms with E-state index in [1.54, 1.807) is 26.0 Å². The summed E-state index contributed by atoms with van der Waals surface area (Å²) >= 11 is 0. The van der Waals surface area contributed by atoms with E-state index in [4.69, 9.17) is 10.00 Å². The number of ether oxygens (including phenoxy) is 1. The summed E-state index contributed by atoms with van der Waals surface area (Å²) in [5, 5.41) is 8.83. The first-order valence-corrected chi connectivity index (χ1v) is 5.13. The molecule has 0 saturated heterocycles. The van der Waals surface area contributed by atoms with Gasteiger partial charge in [-0.1, -0.05) is 6.07 Å². The van der Waals surface area contributed by atoms with E-state index < -0.39 is 11.8 Å². The Bertz CT molecular complexity index is 501. The van der Waals surface area contributed by atoms with Gasteiger partial charge < -0.3 is 4.74 Å². The molecule has 17 heavy (non-hydrogen) atoms. The smallest absolute Gasteiger partial charge is 0.348 e. The predicted octanol–water partition coefficient (Wildman–Crippen LogP) is 2.60. The van der Waals surface area contributed by atoms with Gasteiger partial charge in [0.2, 0.25) is 0 Å². The van der Waals surface area contributed by atoms with Crippen molar-refractivity contribution in [1.29, 1.82) is 5.26 Å². The highest BCUT2D eigenvalue weighted by molar-refractivity contribution is 5.98. The highest BCUT2D eigenvalue weighted by atomic mass is 19.1. The van der Waals surface area contributed by atoms with Crippen LogP contribution in [0.5, 0.6) is 0 Å². The highest BCUT2D eigenvalue weighted by Crippen LogP contribution is 2.14. The van der Waals surface area contributed by atoms with Crippen molar-refractivity contribution in [2.24, 2.45) is 0 Å². The Morgan fingerprint density at radius 2 is 2.29 bits per heavy atom. The minimum absolute atomic E-state index is 0.138. The fraction of sp³-hybridized carbons (Fsp3) is 0.231. The summed E-state index contributed by atoms with van der Waals surface area (Å²) in [6.07, 6.45) is 1.33. The average Bonchev–Trinajstić information content (AvgIpc) is 2.30. The van der Waals surface area contributed by atoms with E-state index >= 15 is 0 Å². The van der Waals surface area contributed by atoms with Crippen LogP contribution >= 0.6 is 0 Å². The van der Waals surface area contributed by atoms with Crippen LogP contribution < -0.4 is 0 Å². The maximum absolute atomic E-state index is 13.0. The van der Waals surface area contributed by atoms with Gasteiger partial charge in [-0.2, -0.15) is 5.26 Å². The Labute approximate surface area is 99.1 Å². The van der Waals surface area contributed by atoms with Gasteiger partial charge in [-0.15, -0.1) is 0 Å². The highest BCUT2D eigenvalue weighted by Gasteiger charge is 2.10. The topological polar surface area (TPSA) is 50.1 Å². The molecular weight excluding hydrogens is 221 g/mol. The molecule has 0 atom stereocenters. The lowest BCUT2D eigenvalue weighted by atomic mass is 10.1. The number of carbonyl (C=O) groups excluding carboxylic acids is 1. The maximum atomic E-state index is 13.0. The Balaban J connectivity index is 3.11. The van der Waals surface area contributed by atoms with Crippen molar-refractivity contribution < 1.29 is 13.9 Å². The SMILES string of the molecule is CCOC(=O)/C(C#N)=C/c1cc(F)ccc1C. The monoisotopic (exact) mass is 233 g/mol. The molecule has 0 unspecified atom stereocenters. The van der Waals surface area contributed by atoms with Crippen molar-refractivity contribution >= 4 is 12.0 Å². The van der Waals surface area contributed by atoms with E-state index in [9.17, 15) is 9.18 Å². The van der Waals surface area contributed by atoms with Gasteiger partial charge in [-0.05, 0) is 43.2 Å². The lowest BCUT2D eigenvalue weighted by Gasteiger charge is -2.02. The summed E-state index contributed by atoms with van der Waals surface area (Å²) in [5.41, 5.74) is 1.14. The molecule has 0 amide bonds. The molecular formula is C13H12FNO2. The summed E-state index contributed by atoms with van der Waals surface area (Å²) in [4.78, 5) is 11.4. The van der Waals surface area contributed by atoms with E-state index in [0.29, 0.717) is 5.56 Å². The van der Waals surface area contributed by atoms with Gasteiger partial charge in [-0.3, -0.25) is 0 Å². The third kappa shape index (κ3) is 3.42. The van der Waals surface area contributed by atoms with Gasteiger partial charge in [0.1, 0.15) is 17.5 Å². The number of carbonyl (C=O) groups is 1. The number of rotatable bonds is 3. The first kappa shape index (κ1) is 12.9. The Kier molecular flexibility index (Phi) is 4.41. The zero-order valence-corrected chi connectivity index (χ0v) is 9.66. The second kappa shape index (κ2) is 5.80. The van der Waals surface area contributed by atoms with Gasteiger partial charge in [0, 0.05) is 0 Å². The van der Waals surface area contributed by atoms with Crippen molar-refractivity contribution in [3.8, 4) is 6.07 Å². The molecule has 88 valence electrons. The van der Waals surface area contributed by atoms with Crippen LogP contribution in [0.3, 0.4) is 0 Å². The number of aryl methyl sites for hydroxylation is 1. The van der Waals surface area contributed by atoms with Crippen molar-refractivity contribution in [2.75, 3.05) is 6.61 Å². The molecule has 4 heteroatoms. The lowest BCUT2D eigenvalue weighted by molar-refractivity contribution is -0.137. The van der Waals surface area contributed by atoms with E-state index in [1.807, 2.05) is 0 Å². The summed E-state index contributed by atoms with van der Waals surface area (Å²) in [7, 11) is 0. The van der Waals surface area contributed by atoms with Gasteiger partial charge in [0.25, 0.3) is 0 Å². The molecule has 1 aromatic rings. The lowest BCUT2D eigenvalue weighted by Crippen LogP contribution is -2.06. The zero-order valence-electron chi connectivity index (χ0n) is 9.66. The van der Waals surface area contributed by atoms with Gasteiger partial charge in [0.15, 0.2) is 0 Å². The normalized spacial score (nSPS) is 10.8. The Morgan fingerprint density at radius 1 is 1.59 bits per heavy atom. The number of benzene rings is 1. The van der Waals surface area contributed by atoms with Crippen LogP contribution in [0, 0.1) is 24.1 Å². The fourth-order valence-electron chi connectivity index (χ4n) is 1.27. The van der Waals surface area contributed by atoms with Crippen LogP contribution in [-0.4, -0.2) is 12.6 Å². The summed E-state index contributed by atoms with van der Waals surface area (Å²) in [6, 6.07) is 5.92. The summed E-state index contributed by atoms with van der Waals surface area (Å²) in [5.74, 6) is -1.11. The Morgan fingerprint density at radius 3 is 2.88 bits per heavy atom. The molecule has 0 heterocycles. The molecule has 0 aliphatic carbocycles. The molecule has 0 N–H and O–H groups in total. The van der Waals surface area contributed by atoms with Gasteiger partial charge in [0.05, 0.1) is 6.61 Å². The van der Waals surface area contributed by atoms with Crippen LogP contribution in [0.1, 0.15) is 18.1 Å². The number of hydrogen-bond acceptors (Lipinski definition) is 3. The number of hydrogen-bond donors (Lipinski definition) is 0. The van der Waals surface area contributed by atoms with E-state index in [1.165, 1.54) is 18.2 Å². The first-order chi connectivity index (χ1) is 8.08. The second-order valence-electron chi connectivity index (χ2n) is 3.39. The standard InChI is InChI=1S/C13H12FNO2/c1-3-17-13(16)11(8-15)6-10-7-12(14)5-4-9(10)2/h4-7H,3H2,1-2H3/b11-6+. The van der Waals surface area contributed by atoms with E-state index in [2.05, 4.69) is 0 Å². The minimum Gasteiger partial charge on any atom is -0.462 e. The molecule has 0 aliphatic heterocycles. The molecule has 0 saturated carbocycles. The largest absolute Gasteiger partial charge is 0.462 e. The molecule has 0 aliphatic rings. The third-order valence-electron chi connectivity index (χ3n) is 2.16. The molecule has 0 fully saturated rings. The van der Waals surface area contributed by atoms with Crippen LogP contribution in [0.2, 0.25) is 0 Å². The van der Waals surface area contributed by atoms with Crippen LogP contribution in [0.15, 0.2) is 23.8 Å². The van der Waals surface area contributed by atoms with Crippen LogP contribution in [-0.2, 0) is 9.53 Å². The quantitative estimate of drug-likeness (QED) is 0.458. The Hall–Kier alpha value is -2.15. The molecule has 1 rings (SSSR count). The average molecular weight is 233 g/mol. The summed E-state index contributed by atoms with van der Waals surface area (Å²) < 4.78 is 17.7. The maximum Gasteiger partial charge on any atom is 0.348 e. The third-order valence-corrected chi connectivity index (χ3v) is 2.16. The number of nitriles is 1. The van der Waals surface area contributed by atoms with Crippen LogP contribution in [0.25, 0.3) is 6.08 Å². The van der Waals surface area contributed by atoms with E-state index in [-0.39, 0.29) is 12.2 Å². The number of halogens is 1. The van der Waals surface area contributed by atoms with Gasteiger partial charge in [-0.25, -0.2) is 9.18 Å². The molecule has 0 radical (unpaired) electrons. The van der Waals surface area contributed by atoms with E-state index in [0.717, 1.165) is 5.56 Å². The predicted molar refractivity (Wildman–Crippen MR) is 61.4 cm³/mol. The van der Waals surface area contributed by atoms with Crippen molar-refractivity contribution in [2.45, 2.75) is 13.8 Å². The summed E-state index contributed by atoms with van der Waals surface area (Å²) in [6.45, 7) is 3.62. The molecule has 0 bridgehead atoms. The van der Waals surface area contributed by atoms with Crippen molar-refractivity contribution in [1.82, 2.24) is 0 Å². The zero-order chi connectivity index (χ0) is 12.8. The van der Waals surface area contributed by atoms with Crippen LogP contribution in [0.4, 0.5) is 4.39 Å². The number of nitrogens with zero attached hydrogens (tertiary/aromatic N) is 1. The van der Waals surface area contributed by atoms with Crippen molar-refractivity contribution in [3.05, 3.63) is 40.7 Å². The molecule has 0 spiro atoms. The number of esters is 1. The second-order valence-corrected chi connectivity index (χ2v) is 3.39. The molecule has 3 nitrogen and oxygen atoms in total. The van der Waals surface area contributed by atoms with Gasteiger partial charge >= 0.3 is 5.97 Å². The molecule has 1 aromatic carbocycles. The van der Waals surface area contributed by atoms with Crippen molar-refractivity contribution in [3.63, 3.8) is 0 Å². The molecule has 0 aromatic heterocycles. The minimum atomic E-state index is -0.696. The fourth-order valence-corrected chi connectivity index (χ4v) is 1.27.